The highest BCUT2D eigenvalue weighted by Gasteiger charge is 2.22. The normalized spacial score (nSPS) is 12.0. The smallest absolute Gasteiger partial charge is 0.0877 e. The van der Waals surface area contributed by atoms with Crippen LogP contribution in [0.3, 0.4) is 0 Å². The summed E-state index contributed by atoms with van der Waals surface area (Å²) < 4.78 is 0. The second kappa shape index (κ2) is 4.69. The molecule has 0 amide bonds. The quantitative estimate of drug-likeness (QED) is 0.614. The van der Waals surface area contributed by atoms with Crippen molar-refractivity contribution in [3.63, 3.8) is 0 Å². The van der Waals surface area contributed by atoms with Crippen LogP contribution in [-0.4, -0.2) is 22.4 Å². The number of aliphatic hydroxyl groups is 2. The van der Waals surface area contributed by atoms with Gasteiger partial charge in [-0.25, -0.2) is 0 Å². The van der Waals surface area contributed by atoms with Gasteiger partial charge in [0, 0.05) is 0 Å². The molecular formula is C8H18O2. The first-order chi connectivity index (χ1) is 4.68. The highest BCUT2D eigenvalue weighted by atomic mass is 16.3. The summed E-state index contributed by atoms with van der Waals surface area (Å²) in [4.78, 5) is 0. The molecule has 2 heteroatoms. The molecule has 0 atom stereocenters. The topological polar surface area (TPSA) is 40.5 Å². The molecule has 0 aliphatic rings. The van der Waals surface area contributed by atoms with Crippen LogP contribution in [0.2, 0.25) is 0 Å². The van der Waals surface area contributed by atoms with E-state index < -0.39 is 5.60 Å². The molecule has 0 rings (SSSR count). The number of hydrogen-bond acceptors (Lipinski definition) is 2. The Kier molecular flexibility index (Phi) is 4.65. The monoisotopic (exact) mass is 146 g/mol. The van der Waals surface area contributed by atoms with Crippen molar-refractivity contribution >= 4 is 0 Å². The Morgan fingerprint density at radius 1 is 1.10 bits per heavy atom. The highest BCUT2D eigenvalue weighted by molar-refractivity contribution is 4.75. The summed E-state index contributed by atoms with van der Waals surface area (Å²) in [5, 5.41) is 18.4. The van der Waals surface area contributed by atoms with E-state index in [1.165, 1.54) is 0 Å². The highest BCUT2D eigenvalue weighted by Crippen LogP contribution is 2.17. The minimum absolute atomic E-state index is 0.103. The molecule has 0 aromatic rings. The summed E-state index contributed by atoms with van der Waals surface area (Å²) in [5.74, 6) is 0. The first-order valence-electron chi connectivity index (χ1n) is 4.01. The van der Waals surface area contributed by atoms with Crippen molar-refractivity contribution in [3.05, 3.63) is 0 Å². The Labute approximate surface area is 62.9 Å². The molecule has 0 saturated carbocycles. The molecule has 0 unspecified atom stereocenters. The Morgan fingerprint density at radius 2 is 1.50 bits per heavy atom. The van der Waals surface area contributed by atoms with E-state index in [0.29, 0.717) is 12.8 Å². The summed E-state index contributed by atoms with van der Waals surface area (Å²) in [6, 6.07) is 0. The lowest BCUT2D eigenvalue weighted by Crippen LogP contribution is -2.32. The van der Waals surface area contributed by atoms with Crippen molar-refractivity contribution in [2.45, 2.75) is 45.1 Å². The minimum atomic E-state index is -0.802. The molecule has 0 aliphatic carbocycles. The van der Waals surface area contributed by atoms with E-state index in [4.69, 9.17) is 5.11 Å². The van der Waals surface area contributed by atoms with Crippen molar-refractivity contribution in [3.8, 4) is 0 Å². The molecule has 0 spiro atoms. The van der Waals surface area contributed by atoms with E-state index in [2.05, 4.69) is 0 Å². The van der Waals surface area contributed by atoms with Gasteiger partial charge < -0.3 is 10.2 Å². The SMILES string of the molecule is CCCC(O)(CO)CCC. The molecule has 0 fully saturated rings. The lowest BCUT2D eigenvalue weighted by atomic mass is 9.94. The van der Waals surface area contributed by atoms with Crippen LogP contribution in [0.5, 0.6) is 0 Å². The largest absolute Gasteiger partial charge is 0.393 e. The van der Waals surface area contributed by atoms with Crippen molar-refractivity contribution in [2.24, 2.45) is 0 Å². The first-order valence-corrected chi connectivity index (χ1v) is 4.01. The van der Waals surface area contributed by atoms with Crippen molar-refractivity contribution in [1.82, 2.24) is 0 Å². The van der Waals surface area contributed by atoms with Crippen LogP contribution in [-0.2, 0) is 0 Å². The van der Waals surface area contributed by atoms with Crippen LogP contribution < -0.4 is 0 Å². The van der Waals surface area contributed by atoms with E-state index in [9.17, 15) is 5.11 Å². The molecular weight excluding hydrogens is 128 g/mol. The van der Waals surface area contributed by atoms with E-state index in [1.807, 2.05) is 13.8 Å². The van der Waals surface area contributed by atoms with E-state index >= 15 is 0 Å². The molecule has 0 aliphatic heterocycles. The van der Waals surface area contributed by atoms with Crippen LogP contribution >= 0.6 is 0 Å². The Hall–Kier alpha value is -0.0800. The molecule has 62 valence electrons. The molecule has 0 heterocycles. The van der Waals surface area contributed by atoms with Gasteiger partial charge in [0.05, 0.1) is 12.2 Å². The van der Waals surface area contributed by atoms with Gasteiger partial charge in [0.2, 0.25) is 0 Å². The summed E-state index contributed by atoms with van der Waals surface area (Å²) >= 11 is 0. The van der Waals surface area contributed by atoms with Crippen LogP contribution in [0.25, 0.3) is 0 Å². The molecule has 2 N–H and O–H groups in total. The van der Waals surface area contributed by atoms with Gasteiger partial charge in [0.1, 0.15) is 0 Å². The zero-order valence-electron chi connectivity index (χ0n) is 6.93. The summed E-state index contributed by atoms with van der Waals surface area (Å²) in [6.45, 7) is 3.92. The number of aliphatic hydroxyl groups excluding tert-OH is 1. The van der Waals surface area contributed by atoms with Gasteiger partial charge in [-0.2, -0.15) is 0 Å². The summed E-state index contributed by atoms with van der Waals surface area (Å²) in [5.41, 5.74) is -0.802. The van der Waals surface area contributed by atoms with Gasteiger partial charge in [-0.3, -0.25) is 0 Å². The molecule has 2 nitrogen and oxygen atoms in total. The fourth-order valence-electron chi connectivity index (χ4n) is 1.21. The van der Waals surface area contributed by atoms with Crippen molar-refractivity contribution < 1.29 is 10.2 Å². The molecule has 0 aromatic carbocycles. The fourth-order valence-corrected chi connectivity index (χ4v) is 1.21. The van der Waals surface area contributed by atoms with Gasteiger partial charge >= 0.3 is 0 Å². The third kappa shape index (κ3) is 3.18. The van der Waals surface area contributed by atoms with Crippen LogP contribution in [0.1, 0.15) is 39.5 Å². The third-order valence-corrected chi connectivity index (χ3v) is 1.73. The average Bonchev–Trinajstić information content (AvgIpc) is 1.89. The zero-order valence-corrected chi connectivity index (χ0v) is 6.93. The first kappa shape index (κ1) is 9.92. The summed E-state index contributed by atoms with van der Waals surface area (Å²) in [6.07, 6.45) is 3.27. The second-order valence-electron chi connectivity index (χ2n) is 2.88. The maximum Gasteiger partial charge on any atom is 0.0877 e. The van der Waals surface area contributed by atoms with Crippen molar-refractivity contribution in [1.29, 1.82) is 0 Å². The number of hydrogen-bond donors (Lipinski definition) is 2. The molecule has 0 saturated heterocycles. The van der Waals surface area contributed by atoms with Crippen LogP contribution in [0, 0.1) is 0 Å². The van der Waals surface area contributed by atoms with Crippen LogP contribution in [0.4, 0.5) is 0 Å². The molecule has 10 heavy (non-hydrogen) atoms. The van der Waals surface area contributed by atoms with Gasteiger partial charge in [-0.1, -0.05) is 26.7 Å². The Bertz CT molecular complexity index is 75.3. The minimum Gasteiger partial charge on any atom is -0.393 e. The molecule has 0 radical (unpaired) electrons. The predicted octanol–water partition coefficient (Wildman–Crippen LogP) is 1.31. The second-order valence-corrected chi connectivity index (χ2v) is 2.88. The van der Waals surface area contributed by atoms with Gasteiger partial charge in [-0.15, -0.1) is 0 Å². The van der Waals surface area contributed by atoms with E-state index in [-0.39, 0.29) is 6.61 Å². The van der Waals surface area contributed by atoms with Crippen molar-refractivity contribution in [2.75, 3.05) is 6.61 Å². The van der Waals surface area contributed by atoms with Gasteiger partial charge in [-0.05, 0) is 12.8 Å². The van der Waals surface area contributed by atoms with Crippen LogP contribution in [0.15, 0.2) is 0 Å². The lowest BCUT2D eigenvalue weighted by Gasteiger charge is -2.24. The Balaban J connectivity index is 3.69. The zero-order chi connectivity index (χ0) is 8.04. The average molecular weight is 146 g/mol. The Morgan fingerprint density at radius 3 is 1.70 bits per heavy atom. The maximum absolute atomic E-state index is 9.57. The lowest BCUT2D eigenvalue weighted by molar-refractivity contribution is -0.0288. The predicted molar refractivity (Wildman–Crippen MR) is 41.9 cm³/mol. The van der Waals surface area contributed by atoms with Gasteiger partial charge in [0.25, 0.3) is 0 Å². The van der Waals surface area contributed by atoms with Gasteiger partial charge in [0.15, 0.2) is 0 Å². The van der Waals surface area contributed by atoms with E-state index in [0.717, 1.165) is 12.8 Å². The standard InChI is InChI=1S/C8H18O2/c1-3-5-8(10,7-9)6-4-2/h9-10H,3-7H2,1-2H3. The third-order valence-electron chi connectivity index (χ3n) is 1.73. The number of rotatable bonds is 5. The molecule has 0 aromatic heterocycles. The maximum atomic E-state index is 9.57. The van der Waals surface area contributed by atoms with E-state index in [1.54, 1.807) is 0 Å². The summed E-state index contributed by atoms with van der Waals surface area (Å²) in [7, 11) is 0. The molecule has 0 bridgehead atoms. The fraction of sp³-hybridized carbons (Fsp3) is 1.00.